The molecule has 3 aromatic carbocycles. The molecule has 0 aromatic heterocycles. The normalized spacial score (nSPS) is 14.0. The first-order chi connectivity index (χ1) is 13.7. The van der Waals surface area contributed by atoms with Crippen LogP contribution in [0.1, 0.15) is 20.7 Å². The summed E-state index contributed by atoms with van der Waals surface area (Å²) < 4.78 is 5.17. The number of benzene rings is 3. The highest BCUT2D eigenvalue weighted by Gasteiger charge is 2.27. The highest BCUT2D eigenvalue weighted by molar-refractivity contribution is 8.04. The van der Waals surface area contributed by atoms with E-state index in [1.807, 2.05) is 54.6 Å². The first kappa shape index (κ1) is 18.1. The molecule has 3 aromatic rings. The second-order valence-electron chi connectivity index (χ2n) is 6.16. The maximum Gasteiger partial charge on any atom is 0.262 e. The molecule has 28 heavy (non-hydrogen) atoms. The standard InChI is InChI=1S/C23H17NO3S/c1-27-18-13-11-16(12-14-18)23(26)24(17-7-3-2-4-8-17)15-21-22(25)19-9-5-6-10-20(19)28-21/h2-15H,1H3. The van der Waals surface area contributed by atoms with E-state index in [2.05, 4.69) is 0 Å². The third-order valence-corrected chi connectivity index (χ3v) is 5.50. The molecule has 0 atom stereocenters. The number of hydrogen-bond donors (Lipinski definition) is 0. The van der Waals surface area contributed by atoms with E-state index < -0.39 is 0 Å². The Morgan fingerprint density at radius 1 is 0.929 bits per heavy atom. The lowest BCUT2D eigenvalue weighted by molar-refractivity contribution is 0.0997. The number of ether oxygens (including phenoxy) is 1. The van der Waals surface area contributed by atoms with Crippen LogP contribution in [0.15, 0.2) is 94.9 Å². The highest BCUT2D eigenvalue weighted by Crippen LogP contribution is 2.40. The number of nitrogens with zero attached hydrogens (tertiary/aromatic N) is 1. The number of ketones is 1. The van der Waals surface area contributed by atoms with Crippen LogP contribution in [-0.2, 0) is 0 Å². The van der Waals surface area contributed by atoms with Crippen LogP contribution in [0.25, 0.3) is 0 Å². The minimum Gasteiger partial charge on any atom is -0.497 e. The van der Waals surface area contributed by atoms with E-state index >= 15 is 0 Å². The average Bonchev–Trinajstić information content (AvgIpc) is 3.08. The zero-order valence-corrected chi connectivity index (χ0v) is 16.0. The van der Waals surface area contributed by atoms with Gasteiger partial charge in [-0.05, 0) is 48.5 Å². The van der Waals surface area contributed by atoms with E-state index in [1.54, 1.807) is 37.6 Å². The maximum atomic E-state index is 13.2. The molecule has 0 radical (unpaired) electrons. The Balaban J connectivity index is 1.73. The van der Waals surface area contributed by atoms with Crippen LogP contribution in [0.4, 0.5) is 5.69 Å². The molecule has 0 spiro atoms. The first-order valence-electron chi connectivity index (χ1n) is 8.73. The molecule has 0 aliphatic carbocycles. The second-order valence-corrected chi connectivity index (χ2v) is 7.24. The Labute approximate surface area is 167 Å². The van der Waals surface area contributed by atoms with Gasteiger partial charge in [-0.1, -0.05) is 42.1 Å². The van der Waals surface area contributed by atoms with Crippen molar-refractivity contribution in [3.63, 3.8) is 0 Å². The molecule has 0 N–H and O–H groups in total. The third-order valence-electron chi connectivity index (χ3n) is 4.41. The number of fused-ring (bicyclic) bond motifs is 1. The molecule has 0 fully saturated rings. The van der Waals surface area contributed by atoms with E-state index in [0.717, 1.165) is 4.90 Å². The van der Waals surface area contributed by atoms with Crippen molar-refractivity contribution in [1.82, 2.24) is 0 Å². The van der Waals surface area contributed by atoms with Crippen molar-refractivity contribution in [3.8, 4) is 5.75 Å². The predicted octanol–water partition coefficient (Wildman–Crippen LogP) is 5.17. The van der Waals surface area contributed by atoms with Crippen molar-refractivity contribution in [3.05, 3.63) is 101 Å². The lowest BCUT2D eigenvalue weighted by Gasteiger charge is -2.19. The number of methoxy groups -OCH3 is 1. The van der Waals surface area contributed by atoms with Gasteiger partial charge in [0, 0.05) is 27.9 Å². The van der Waals surface area contributed by atoms with E-state index in [1.165, 1.54) is 16.7 Å². The fourth-order valence-electron chi connectivity index (χ4n) is 2.95. The summed E-state index contributed by atoms with van der Waals surface area (Å²) >= 11 is 1.38. The number of para-hydroxylation sites is 1. The van der Waals surface area contributed by atoms with Gasteiger partial charge >= 0.3 is 0 Å². The summed E-state index contributed by atoms with van der Waals surface area (Å²) in [4.78, 5) is 28.9. The lowest BCUT2D eigenvalue weighted by Crippen LogP contribution is -2.26. The van der Waals surface area contributed by atoms with E-state index in [4.69, 9.17) is 4.74 Å². The number of hydrogen-bond acceptors (Lipinski definition) is 4. The van der Waals surface area contributed by atoms with Gasteiger partial charge in [-0.3, -0.25) is 14.5 Å². The summed E-state index contributed by atoms with van der Waals surface area (Å²) in [5, 5.41) is 0. The van der Waals surface area contributed by atoms with Gasteiger partial charge < -0.3 is 4.74 Å². The van der Waals surface area contributed by atoms with Crippen LogP contribution >= 0.6 is 11.8 Å². The molecule has 138 valence electrons. The van der Waals surface area contributed by atoms with Crippen LogP contribution in [0.2, 0.25) is 0 Å². The minimum absolute atomic E-state index is 0.0657. The third kappa shape index (κ3) is 3.44. The summed E-state index contributed by atoms with van der Waals surface area (Å²) in [5.74, 6) is 0.396. The Morgan fingerprint density at radius 3 is 2.29 bits per heavy atom. The maximum absolute atomic E-state index is 13.2. The highest BCUT2D eigenvalue weighted by atomic mass is 32.2. The van der Waals surface area contributed by atoms with Gasteiger partial charge in [0.05, 0.1) is 12.0 Å². The molecule has 0 unspecified atom stereocenters. The largest absolute Gasteiger partial charge is 0.497 e. The summed E-state index contributed by atoms with van der Waals surface area (Å²) in [6.45, 7) is 0. The molecular weight excluding hydrogens is 370 g/mol. The topological polar surface area (TPSA) is 46.6 Å². The molecule has 4 rings (SSSR count). The van der Waals surface area contributed by atoms with Gasteiger partial charge in [0.15, 0.2) is 0 Å². The van der Waals surface area contributed by atoms with Gasteiger partial charge in [-0.25, -0.2) is 0 Å². The number of rotatable bonds is 4. The van der Waals surface area contributed by atoms with Crippen molar-refractivity contribution >= 4 is 29.1 Å². The van der Waals surface area contributed by atoms with Crippen molar-refractivity contribution in [2.45, 2.75) is 4.90 Å². The Kier molecular flexibility index (Phi) is 5.00. The second kappa shape index (κ2) is 7.74. The zero-order valence-electron chi connectivity index (χ0n) is 15.2. The molecular formula is C23H17NO3S. The van der Waals surface area contributed by atoms with Crippen molar-refractivity contribution in [2.75, 3.05) is 12.0 Å². The predicted molar refractivity (Wildman–Crippen MR) is 111 cm³/mol. The molecule has 5 heteroatoms. The van der Waals surface area contributed by atoms with Gasteiger partial charge in [0.1, 0.15) is 5.75 Å². The average molecular weight is 387 g/mol. The Morgan fingerprint density at radius 2 is 1.61 bits per heavy atom. The van der Waals surface area contributed by atoms with Crippen molar-refractivity contribution < 1.29 is 14.3 Å². The smallest absolute Gasteiger partial charge is 0.262 e. The van der Waals surface area contributed by atoms with Crippen LogP contribution in [-0.4, -0.2) is 18.8 Å². The summed E-state index contributed by atoms with van der Waals surface area (Å²) in [6.07, 6.45) is 1.63. The first-order valence-corrected chi connectivity index (χ1v) is 9.55. The number of amides is 1. The summed E-state index contributed by atoms with van der Waals surface area (Å²) in [5.41, 5.74) is 1.87. The van der Waals surface area contributed by atoms with Crippen LogP contribution in [0, 0.1) is 0 Å². The molecule has 1 amide bonds. The quantitative estimate of drug-likeness (QED) is 0.579. The van der Waals surface area contributed by atoms with E-state index in [0.29, 0.717) is 27.5 Å². The van der Waals surface area contributed by atoms with Gasteiger partial charge in [-0.2, -0.15) is 0 Å². The van der Waals surface area contributed by atoms with Crippen molar-refractivity contribution in [2.24, 2.45) is 0 Å². The van der Waals surface area contributed by atoms with Crippen LogP contribution in [0.5, 0.6) is 5.75 Å². The number of carbonyl (C=O) groups is 2. The van der Waals surface area contributed by atoms with E-state index in [9.17, 15) is 9.59 Å². The number of thioether (sulfide) groups is 1. The lowest BCUT2D eigenvalue weighted by atomic mass is 10.1. The number of carbonyl (C=O) groups excluding carboxylic acids is 2. The summed E-state index contributed by atoms with van der Waals surface area (Å²) in [6, 6.07) is 23.7. The fraction of sp³-hybridized carbons (Fsp3) is 0.0435. The zero-order chi connectivity index (χ0) is 19.5. The molecule has 1 aliphatic heterocycles. The number of Topliss-reactive ketones (excluding diaryl/α,β-unsaturated/α-hetero) is 1. The number of anilines is 1. The Hall–Kier alpha value is -3.31. The van der Waals surface area contributed by atoms with Crippen molar-refractivity contribution in [1.29, 1.82) is 0 Å². The van der Waals surface area contributed by atoms with Crippen LogP contribution < -0.4 is 9.64 Å². The van der Waals surface area contributed by atoms with Gasteiger partial charge in [-0.15, -0.1) is 0 Å². The number of allylic oxidation sites excluding steroid dienone is 1. The monoisotopic (exact) mass is 387 g/mol. The fourth-order valence-corrected chi connectivity index (χ4v) is 3.97. The Bertz CT molecular complexity index is 1060. The van der Waals surface area contributed by atoms with Crippen LogP contribution in [0.3, 0.4) is 0 Å². The van der Waals surface area contributed by atoms with Gasteiger partial charge in [0.25, 0.3) is 5.91 Å². The SMILES string of the molecule is COc1ccc(C(=O)N(C=C2Sc3ccccc3C2=O)c2ccccc2)cc1. The minimum atomic E-state index is -0.217. The molecule has 0 saturated carbocycles. The van der Waals surface area contributed by atoms with E-state index in [-0.39, 0.29) is 11.7 Å². The van der Waals surface area contributed by atoms with Gasteiger partial charge in [0.2, 0.25) is 5.78 Å². The summed E-state index contributed by atoms with van der Waals surface area (Å²) in [7, 11) is 1.58. The molecule has 1 aliphatic rings. The molecule has 0 bridgehead atoms. The molecule has 1 heterocycles. The molecule has 4 nitrogen and oxygen atoms in total. The molecule has 0 saturated heterocycles.